The van der Waals surface area contributed by atoms with E-state index in [1.807, 2.05) is 61.5 Å². The topological polar surface area (TPSA) is 61.4 Å². The Morgan fingerprint density at radius 1 is 1.00 bits per heavy atom. The lowest BCUT2D eigenvalue weighted by atomic mass is 10.1. The summed E-state index contributed by atoms with van der Waals surface area (Å²) in [5.41, 5.74) is 2.66. The Hall–Kier alpha value is -2.53. The number of hydrogen-bond acceptors (Lipinski definition) is 3. The van der Waals surface area contributed by atoms with Gasteiger partial charge in [0.25, 0.3) is 0 Å². The third-order valence-corrected chi connectivity index (χ3v) is 4.06. The summed E-state index contributed by atoms with van der Waals surface area (Å²) in [7, 11) is 3.90. The number of carbonyl (C=O) groups is 2. The summed E-state index contributed by atoms with van der Waals surface area (Å²) in [6.07, 6.45) is 0.827. The van der Waals surface area contributed by atoms with E-state index in [2.05, 4.69) is 10.6 Å². The molecule has 0 atom stereocenters. The van der Waals surface area contributed by atoms with Crippen LogP contribution < -0.4 is 15.5 Å². The van der Waals surface area contributed by atoms with Gasteiger partial charge in [0.15, 0.2) is 0 Å². The third-order valence-electron chi connectivity index (χ3n) is 3.69. The summed E-state index contributed by atoms with van der Waals surface area (Å²) in [4.78, 5) is 25.7. The Labute approximate surface area is 153 Å². The number of nitrogens with one attached hydrogen (secondary N) is 2. The Kier molecular flexibility index (Phi) is 6.83. The molecule has 25 heavy (non-hydrogen) atoms. The third kappa shape index (κ3) is 6.12. The molecule has 0 spiro atoms. The molecule has 0 radical (unpaired) electrons. The van der Waals surface area contributed by atoms with Crippen molar-refractivity contribution in [3.05, 3.63) is 59.1 Å². The minimum Gasteiger partial charge on any atom is -0.378 e. The van der Waals surface area contributed by atoms with Gasteiger partial charge in [0.2, 0.25) is 11.8 Å². The van der Waals surface area contributed by atoms with Crippen LogP contribution >= 0.6 is 11.6 Å². The highest BCUT2D eigenvalue weighted by Crippen LogP contribution is 2.17. The lowest BCUT2D eigenvalue weighted by Gasteiger charge is -2.13. The van der Waals surface area contributed by atoms with Crippen molar-refractivity contribution in [1.29, 1.82) is 0 Å². The Morgan fingerprint density at radius 2 is 1.68 bits per heavy atom. The van der Waals surface area contributed by atoms with Crippen LogP contribution in [0.4, 0.5) is 11.4 Å². The molecule has 0 aliphatic rings. The molecule has 0 saturated carbocycles. The molecular weight excluding hydrogens is 338 g/mol. The molecule has 5 nitrogen and oxygen atoms in total. The van der Waals surface area contributed by atoms with E-state index in [0.29, 0.717) is 17.1 Å². The number of benzene rings is 2. The molecule has 2 amide bonds. The van der Waals surface area contributed by atoms with E-state index in [9.17, 15) is 9.59 Å². The van der Waals surface area contributed by atoms with E-state index in [1.54, 1.807) is 6.07 Å². The predicted octanol–water partition coefficient (Wildman–Crippen LogP) is 3.09. The van der Waals surface area contributed by atoms with Crippen LogP contribution in [0, 0.1) is 0 Å². The highest BCUT2D eigenvalue weighted by molar-refractivity contribution is 6.31. The molecule has 0 heterocycles. The van der Waals surface area contributed by atoms with E-state index >= 15 is 0 Å². The fourth-order valence-electron chi connectivity index (χ4n) is 2.26. The smallest absolute Gasteiger partial charge is 0.243 e. The average molecular weight is 360 g/mol. The predicted molar refractivity (Wildman–Crippen MR) is 102 cm³/mol. The molecule has 2 aromatic carbocycles. The van der Waals surface area contributed by atoms with E-state index in [1.165, 1.54) is 0 Å². The molecule has 0 fully saturated rings. The first-order valence-corrected chi connectivity index (χ1v) is 8.41. The summed E-state index contributed by atoms with van der Waals surface area (Å²) in [6, 6.07) is 14.9. The number of halogens is 1. The molecule has 0 aromatic heterocycles. The molecule has 6 heteroatoms. The summed E-state index contributed by atoms with van der Waals surface area (Å²) >= 11 is 6.06. The molecule has 2 N–H and O–H groups in total. The van der Waals surface area contributed by atoms with Gasteiger partial charge in [-0.3, -0.25) is 9.59 Å². The maximum Gasteiger partial charge on any atom is 0.243 e. The minimum absolute atomic E-state index is 0.0587. The molecule has 2 rings (SSSR count). The maximum atomic E-state index is 11.9. The lowest BCUT2D eigenvalue weighted by Crippen LogP contribution is -2.32. The fourth-order valence-corrected chi connectivity index (χ4v) is 2.49. The van der Waals surface area contributed by atoms with Crippen molar-refractivity contribution in [3.63, 3.8) is 0 Å². The van der Waals surface area contributed by atoms with Gasteiger partial charge in [-0.25, -0.2) is 0 Å². The quantitative estimate of drug-likeness (QED) is 0.798. The van der Waals surface area contributed by atoms with Crippen molar-refractivity contribution in [1.82, 2.24) is 5.32 Å². The number of anilines is 2. The van der Waals surface area contributed by atoms with Gasteiger partial charge in [0.05, 0.1) is 6.54 Å². The molecule has 0 unspecified atom stereocenters. The normalized spacial score (nSPS) is 10.2. The Bertz CT molecular complexity index is 730. The van der Waals surface area contributed by atoms with Gasteiger partial charge in [-0.2, -0.15) is 0 Å². The fraction of sp³-hybridized carbons (Fsp3) is 0.263. The van der Waals surface area contributed by atoms with Gasteiger partial charge in [-0.1, -0.05) is 29.8 Å². The number of hydrogen-bond donors (Lipinski definition) is 2. The van der Waals surface area contributed by atoms with Crippen molar-refractivity contribution in [3.8, 4) is 0 Å². The van der Waals surface area contributed by atoms with Crippen molar-refractivity contribution < 1.29 is 9.59 Å². The van der Waals surface area contributed by atoms with E-state index < -0.39 is 0 Å². The molecule has 0 aliphatic carbocycles. The van der Waals surface area contributed by atoms with Crippen LogP contribution in [0.2, 0.25) is 5.02 Å². The maximum absolute atomic E-state index is 11.9. The number of rotatable bonds is 7. The van der Waals surface area contributed by atoms with Gasteiger partial charge in [-0.05, 0) is 42.3 Å². The highest BCUT2D eigenvalue weighted by Gasteiger charge is 2.08. The van der Waals surface area contributed by atoms with Gasteiger partial charge in [0.1, 0.15) is 0 Å². The van der Waals surface area contributed by atoms with Gasteiger partial charge in [-0.15, -0.1) is 0 Å². The van der Waals surface area contributed by atoms with Crippen molar-refractivity contribution in [2.75, 3.05) is 30.9 Å². The largest absolute Gasteiger partial charge is 0.378 e. The van der Waals surface area contributed by atoms with Crippen LogP contribution in [-0.2, 0) is 16.0 Å². The summed E-state index contributed by atoms with van der Waals surface area (Å²) in [5.74, 6) is -0.443. The van der Waals surface area contributed by atoms with Crippen LogP contribution in [0.1, 0.15) is 12.0 Å². The first-order valence-electron chi connectivity index (χ1n) is 8.03. The molecular formula is C19H22ClN3O2. The van der Waals surface area contributed by atoms with E-state index in [-0.39, 0.29) is 24.8 Å². The summed E-state index contributed by atoms with van der Waals surface area (Å²) in [5, 5.41) is 6.02. The standard InChI is InChI=1S/C19H22ClN3O2/c1-23(2)16-10-8-15(9-11-16)22-19(25)13-21-18(24)12-7-14-5-3-4-6-17(14)20/h3-6,8-11H,7,12-13H2,1-2H3,(H,21,24)(H,22,25). The van der Waals surface area contributed by atoms with E-state index in [4.69, 9.17) is 11.6 Å². The Morgan fingerprint density at radius 3 is 2.32 bits per heavy atom. The summed E-state index contributed by atoms with van der Waals surface area (Å²) in [6.45, 7) is -0.0587. The summed E-state index contributed by atoms with van der Waals surface area (Å²) < 4.78 is 0. The van der Waals surface area contributed by atoms with Gasteiger partial charge in [0, 0.05) is 36.9 Å². The zero-order valence-corrected chi connectivity index (χ0v) is 15.1. The van der Waals surface area contributed by atoms with Crippen LogP contribution in [0.25, 0.3) is 0 Å². The second kappa shape index (κ2) is 9.08. The van der Waals surface area contributed by atoms with Crippen LogP contribution in [0.15, 0.2) is 48.5 Å². The molecule has 2 aromatic rings. The number of aryl methyl sites for hydroxylation is 1. The zero-order valence-electron chi connectivity index (χ0n) is 14.4. The van der Waals surface area contributed by atoms with Crippen molar-refractivity contribution >= 4 is 34.8 Å². The monoisotopic (exact) mass is 359 g/mol. The molecule has 0 bridgehead atoms. The van der Waals surface area contributed by atoms with Crippen molar-refractivity contribution in [2.45, 2.75) is 12.8 Å². The molecule has 132 valence electrons. The number of carbonyl (C=O) groups excluding carboxylic acids is 2. The second-order valence-corrected chi connectivity index (χ2v) is 6.26. The zero-order chi connectivity index (χ0) is 18.2. The average Bonchev–Trinajstić information content (AvgIpc) is 2.59. The minimum atomic E-state index is -0.260. The second-order valence-electron chi connectivity index (χ2n) is 5.86. The lowest BCUT2D eigenvalue weighted by molar-refractivity contribution is -0.124. The van der Waals surface area contributed by atoms with Crippen LogP contribution in [-0.4, -0.2) is 32.5 Å². The Balaban J connectivity index is 1.74. The first-order chi connectivity index (χ1) is 12.0. The van der Waals surface area contributed by atoms with Crippen LogP contribution in [0.3, 0.4) is 0 Å². The number of nitrogens with zero attached hydrogens (tertiary/aromatic N) is 1. The van der Waals surface area contributed by atoms with Gasteiger partial charge >= 0.3 is 0 Å². The van der Waals surface area contributed by atoms with E-state index in [0.717, 1.165) is 11.3 Å². The number of amides is 2. The molecule has 0 saturated heterocycles. The SMILES string of the molecule is CN(C)c1ccc(NC(=O)CNC(=O)CCc2ccccc2Cl)cc1. The first kappa shape index (κ1) is 18.8. The van der Waals surface area contributed by atoms with Crippen molar-refractivity contribution in [2.24, 2.45) is 0 Å². The molecule has 0 aliphatic heterocycles. The van der Waals surface area contributed by atoms with Crippen LogP contribution in [0.5, 0.6) is 0 Å². The highest BCUT2D eigenvalue weighted by atomic mass is 35.5. The van der Waals surface area contributed by atoms with Gasteiger partial charge < -0.3 is 15.5 Å².